The molecule has 11 heteroatoms. The predicted molar refractivity (Wildman–Crippen MR) is 140 cm³/mol. The van der Waals surface area contributed by atoms with E-state index in [1.807, 2.05) is 11.6 Å². The predicted octanol–water partition coefficient (Wildman–Crippen LogP) is 2.83. The van der Waals surface area contributed by atoms with Crippen molar-refractivity contribution in [2.45, 2.75) is 63.2 Å². The van der Waals surface area contributed by atoms with Crippen molar-refractivity contribution in [2.75, 3.05) is 26.6 Å². The summed E-state index contributed by atoms with van der Waals surface area (Å²) in [5, 5.41) is 4.14. The van der Waals surface area contributed by atoms with Crippen molar-refractivity contribution in [3.63, 3.8) is 0 Å². The van der Waals surface area contributed by atoms with Crippen LogP contribution in [0.1, 0.15) is 65.2 Å². The highest BCUT2D eigenvalue weighted by Crippen LogP contribution is 2.31. The van der Waals surface area contributed by atoms with Crippen LogP contribution in [0.5, 0.6) is 5.75 Å². The Kier molecular flexibility index (Phi) is 4.98. The van der Waals surface area contributed by atoms with Crippen LogP contribution in [0.2, 0.25) is 0 Å². The molecule has 0 spiro atoms. The third-order valence-corrected chi connectivity index (χ3v) is 7.21. The number of hydrogen-bond donors (Lipinski definition) is 2. The molecule has 3 aromatic rings. The molecular weight excluding hydrogens is 480 g/mol. The molecule has 0 amide bonds. The minimum absolute atomic E-state index is 0.00823. The molecule has 0 aliphatic carbocycles. The fraction of sp³-hybridized carbons (Fsp3) is 0.560. The first-order chi connectivity index (χ1) is 21.1. The summed E-state index contributed by atoms with van der Waals surface area (Å²) in [7, 11) is -3.15. The number of sulfonamides is 1. The zero-order chi connectivity index (χ0) is 34.5. The Morgan fingerprint density at radius 2 is 2.25 bits per heavy atom. The van der Waals surface area contributed by atoms with Gasteiger partial charge in [-0.25, -0.2) is 18.1 Å². The summed E-state index contributed by atoms with van der Waals surface area (Å²) in [6, 6.07) is 2.94. The number of aromatic nitrogens is 4. The molecule has 2 aromatic heterocycles. The second-order valence-corrected chi connectivity index (χ2v) is 10.2. The molecule has 1 unspecified atom stereocenters. The van der Waals surface area contributed by atoms with E-state index < -0.39 is 66.1 Å². The van der Waals surface area contributed by atoms with Crippen molar-refractivity contribution in [1.29, 1.82) is 0 Å². The Labute approximate surface area is 226 Å². The van der Waals surface area contributed by atoms with E-state index in [1.165, 1.54) is 24.1 Å². The highest BCUT2D eigenvalue weighted by atomic mass is 32.2. The van der Waals surface area contributed by atoms with Gasteiger partial charge in [-0.05, 0) is 63.8 Å². The fourth-order valence-corrected chi connectivity index (χ4v) is 5.05. The summed E-state index contributed by atoms with van der Waals surface area (Å²) in [6.45, 7) is -5.67. The molecule has 3 heterocycles. The number of fused-ring (bicyclic) bond motifs is 1. The summed E-state index contributed by atoms with van der Waals surface area (Å²) < 4.78 is 115. The minimum atomic E-state index is -4.57. The lowest BCUT2D eigenvalue weighted by atomic mass is 10.1. The van der Waals surface area contributed by atoms with Gasteiger partial charge in [-0.15, -0.1) is 0 Å². The average molecular weight is 527 g/mol. The van der Waals surface area contributed by atoms with Gasteiger partial charge in [-0.2, -0.15) is 5.10 Å². The molecule has 1 fully saturated rings. The van der Waals surface area contributed by atoms with Gasteiger partial charge in [-0.1, -0.05) is 20.1 Å². The van der Waals surface area contributed by atoms with Gasteiger partial charge < -0.3 is 14.6 Å². The van der Waals surface area contributed by atoms with E-state index in [9.17, 15) is 13.2 Å². The molecule has 1 atom stereocenters. The molecule has 0 saturated carbocycles. The number of rotatable bonds is 11. The number of H-pyrrole nitrogens is 1. The molecular formula is C25H36N6O4S. The molecule has 1 aromatic carbocycles. The normalized spacial score (nSPS) is 22.3. The molecule has 36 heavy (non-hydrogen) atoms. The Morgan fingerprint density at radius 1 is 1.39 bits per heavy atom. The van der Waals surface area contributed by atoms with Crippen LogP contribution < -0.4 is 15.0 Å². The first-order valence-electron chi connectivity index (χ1n) is 16.6. The lowest BCUT2D eigenvalue weighted by Crippen LogP contribution is -2.31. The van der Waals surface area contributed by atoms with Gasteiger partial charge in [0.1, 0.15) is 17.1 Å². The van der Waals surface area contributed by atoms with E-state index in [0.29, 0.717) is 19.3 Å². The maximum Gasteiger partial charge on any atom is 0.277 e. The van der Waals surface area contributed by atoms with Crippen molar-refractivity contribution >= 4 is 21.1 Å². The summed E-state index contributed by atoms with van der Waals surface area (Å²) in [5.74, 6) is -0.0412. The summed E-state index contributed by atoms with van der Waals surface area (Å²) >= 11 is 0. The van der Waals surface area contributed by atoms with E-state index in [2.05, 4.69) is 15.1 Å². The van der Waals surface area contributed by atoms with Crippen LogP contribution in [0, 0.1) is 0 Å². The number of nitrogens with zero attached hydrogens (tertiary/aromatic N) is 4. The molecule has 0 bridgehead atoms. The SMILES string of the molecule is [2H]C([2H])(CC1CCCN1C([2H])([2H])[2H])NS(=O)(=O)c1ccc(OCCC)c(-c2nc3c(CC([2H])([2H])C([2H])([2H])[2H])nn(C)c3c(=O)[nH]2)c1. The zero-order valence-corrected chi connectivity index (χ0v) is 20.9. The lowest BCUT2D eigenvalue weighted by Gasteiger charge is -2.19. The topological polar surface area (TPSA) is 122 Å². The third-order valence-electron chi connectivity index (χ3n) is 5.92. The molecule has 0 radical (unpaired) electrons. The van der Waals surface area contributed by atoms with Crippen LogP contribution in [0.25, 0.3) is 22.4 Å². The Hall–Kier alpha value is -2.76. The molecule has 1 saturated heterocycles. The maximum atomic E-state index is 13.5. The standard InChI is InChI=1S/C25H36N6O4S/c1-5-8-20-22-23(31(4)29-20)25(32)28-24(27-22)19-16-18(10-11-21(19)35-15-6-2)36(33,34)26-13-12-17-9-7-14-30(17)3/h10-11,16-17,26H,5-9,12-15H2,1-4H3,(H,27,28,32)/i1D3,3D3,5D2,13D2. The van der Waals surface area contributed by atoms with E-state index >= 15 is 0 Å². The summed E-state index contributed by atoms with van der Waals surface area (Å²) in [6.07, 6.45) is -2.30. The van der Waals surface area contributed by atoms with Crippen molar-refractivity contribution in [2.24, 2.45) is 7.05 Å². The maximum absolute atomic E-state index is 13.5. The molecule has 196 valence electrons. The number of nitrogens with one attached hydrogen (secondary N) is 2. The highest BCUT2D eigenvalue weighted by Gasteiger charge is 2.23. The fourth-order valence-electron chi connectivity index (χ4n) is 4.14. The van der Waals surface area contributed by atoms with Crippen LogP contribution in [0.15, 0.2) is 27.9 Å². The van der Waals surface area contributed by atoms with E-state index in [4.69, 9.17) is 18.4 Å². The number of likely N-dealkylation sites (tertiary alicyclic amines) is 1. The van der Waals surface area contributed by atoms with Gasteiger partial charge in [0.05, 0.1) is 22.8 Å². The zero-order valence-electron chi connectivity index (χ0n) is 30.1. The van der Waals surface area contributed by atoms with Crippen LogP contribution in [-0.2, 0) is 23.5 Å². The van der Waals surface area contributed by atoms with Crippen molar-refractivity contribution < 1.29 is 26.9 Å². The van der Waals surface area contributed by atoms with Crippen molar-refractivity contribution in [3.05, 3.63) is 34.2 Å². The monoisotopic (exact) mass is 526 g/mol. The van der Waals surface area contributed by atoms with Crippen molar-refractivity contribution in [1.82, 2.24) is 29.4 Å². The number of hydrogen-bond acceptors (Lipinski definition) is 7. The first kappa shape index (κ1) is 16.2. The number of ether oxygens (including phenoxy) is 1. The van der Waals surface area contributed by atoms with E-state index in [0.717, 1.165) is 10.7 Å². The minimum Gasteiger partial charge on any atom is -0.493 e. The van der Waals surface area contributed by atoms with Crippen LogP contribution in [0.3, 0.4) is 0 Å². The highest BCUT2D eigenvalue weighted by molar-refractivity contribution is 7.89. The molecule has 4 rings (SSSR count). The average Bonchev–Trinajstić information content (AvgIpc) is 3.49. The van der Waals surface area contributed by atoms with Gasteiger partial charge in [0.2, 0.25) is 10.0 Å². The van der Waals surface area contributed by atoms with E-state index in [-0.39, 0.29) is 47.0 Å². The van der Waals surface area contributed by atoms with Gasteiger partial charge in [0, 0.05) is 33.3 Å². The van der Waals surface area contributed by atoms with Crippen molar-refractivity contribution in [3.8, 4) is 17.1 Å². The Balaban J connectivity index is 1.76. The second kappa shape index (κ2) is 11.1. The Bertz CT molecular complexity index is 1750. The van der Waals surface area contributed by atoms with Gasteiger partial charge in [0.15, 0.2) is 5.52 Å². The van der Waals surface area contributed by atoms with Crippen LogP contribution in [-0.4, -0.2) is 65.7 Å². The lowest BCUT2D eigenvalue weighted by molar-refractivity contribution is 0.297. The molecule has 10 nitrogen and oxygen atoms in total. The van der Waals surface area contributed by atoms with Gasteiger partial charge in [-0.3, -0.25) is 9.48 Å². The number of benzene rings is 1. The molecule has 2 N–H and O–H groups in total. The van der Waals surface area contributed by atoms with Crippen LogP contribution >= 0.6 is 0 Å². The largest absolute Gasteiger partial charge is 0.493 e. The van der Waals surface area contributed by atoms with E-state index in [1.54, 1.807) is 0 Å². The second-order valence-electron chi connectivity index (χ2n) is 8.52. The summed E-state index contributed by atoms with van der Waals surface area (Å²) in [5.41, 5.74) is -0.954. The molecule has 1 aliphatic rings. The first-order valence-corrected chi connectivity index (χ1v) is 13.1. The number of aromatic amines is 1. The van der Waals surface area contributed by atoms with Gasteiger partial charge >= 0.3 is 0 Å². The quantitative estimate of drug-likeness (QED) is 0.394. The molecule has 1 aliphatic heterocycles. The Morgan fingerprint density at radius 3 is 3.03 bits per heavy atom. The van der Waals surface area contributed by atoms with Gasteiger partial charge in [0.25, 0.3) is 5.56 Å². The summed E-state index contributed by atoms with van der Waals surface area (Å²) in [4.78, 5) is 21.0. The number of aryl methyl sites for hydroxylation is 2. The van der Waals surface area contributed by atoms with Crippen LogP contribution in [0.4, 0.5) is 0 Å². The smallest absolute Gasteiger partial charge is 0.277 e. The third kappa shape index (κ3) is 5.47.